The molecule has 0 atom stereocenters. The minimum Gasteiger partial charge on any atom is -0.543 e. The molecule has 0 saturated heterocycles. The molecule has 1 aromatic heterocycles. The van der Waals surface area contributed by atoms with Crippen molar-refractivity contribution in [2.45, 2.75) is 13.0 Å². The second-order valence-electron chi connectivity index (χ2n) is 5.61. The predicted octanol–water partition coefficient (Wildman–Crippen LogP) is 1.40. The van der Waals surface area contributed by atoms with Crippen molar-refractivity contribution in [3.63, 3.8) is 0 Å². The number of fused-ring (bicyclic) bond motifs is 1. The smallest absolute Gasteiger partial charge is 0.224 e. The van der Waals surface area contributed by atoms with E-state index in [4.69, 9.17) is 4.74 Å². The number of aromatic carboxylic acids is 1. The molecule has 6 heteroatoms. The van der Waals surface area contributed by atoms with Crippen LogP contribution in [-0.4, -0.2) is 24.0 Å². The number of rotatable bonds is 6. The lowest BCUT2D eigenvalue weighted by molar-refractivity contribution is -0.255. The molecule has 6 nitrogen and oxygen atoms in total. The van der Waals surface area contributed by atoms with Crippen LogP contribution in [0.3, 0.4) is 0 Å². The molecule has 3 aromatic rings. The van der Waals surface area contributed by atoms with Gasteiger partial charge in [0.15, 0.2) is 0 Å². The number of para-hydroxylation sites is 1. The molecule has 0 radical (unpaired) electrons. The van der Waals surface area contributed by atoms with Crippen LogP contribution in [0.15, 0.2) is 48.5 Å². The van der Waals surface area contributed by atoms with Crippen LogP contribution in [0.25, 0.3) is 10.9 Å². The van der Waals surface area contributed by atoms with Crippen LogP contribution in [0.4, 0.5) is 0 Å². The summed E-state index contributed by atoms with van der Waals surface area (Å²) in [5, 5.41) is 14.8. The van der Waals surface area contributed by atoms with Gasteiger partial charge in [0.05, 0.1) is 25.2 Å². The van der Waals surface area contributed by atoms with Crippen LogP contribution in [0, 0.1) is 0 Å². The minimum atomic E-state index is -1.32. The molecule has 0 saturated carbocycles. The van der Waals surface area contributed by atoms with Gasteiger partial charge in [-0.05, 0) is 29.3 Å². The number of carbonyl (C=O) groups is 2. The molecule has 2 aromatic carbocycles. The molecule has 2 N–H and O–H groups in total. The van der Waals surface area contributed by atoms with Crippen molar-refractivity contribution >= 4 is 22.8 Å². The van der Waals surface area contributed by atoms with Crippen molar-refractivity contribution in [2.75, 3.05) is 7.11 Å². The lowest BCUT2D eigenvalue weighted by atomic mass is 10.1. The third-order valence-corrected chi connectivity index (χ3v) is 4.00. The first kappa shape index (κ1) is 16.6. The lowest BCUT2D eigenvalue weighted by Gasteiger charge is -2.08. The summed E-state index contributed by atoms with van der Waals surface area (Å²) in [6, 6.07) is 14.5. The molecule has 1 amide bonds. The van der Waals surface area contributed by atoms with E-state index < -0.39 is 5.97 Å². The maximum atomic E-state index is 12.3. The second kappa shape index (κ2) is 7.09. The van der Waals surface area contributed by atoms with Gasteiger partial charge >= 0.3 is 0 Å². The Morgan fingerprint density at radius 3 is 2.52 bits per heavy atom. The van der Waals surface area contributed by atoms with E-state index in [-0.39, 0.29) is 18.0 Å². The van der Waals surface area contributed by atoms with Crippen molar-refractivity contribution < 1.29 is 19.4 Å². The van der Waals surface area contributed by atoms with E-state index in [1.165, 1.54) is 0 Å². The lowest BCUT2D eigenvalue weighted by Crippen LogP contribution is -2.28. The zero-order chi connectivity index (χ0) is 17.8. The van der Waals surface area contributed by atoms with Gasteiger partial charge in [-0.3, -0.25) is 4.79 Å². The van der Waals surface area contributed by atoms with Gasteiger partial charge in [0.1, 0.15) is 5.75 Å². The van der Waals surface area contributed by atoms with Crippen molar-refractivity contribution in [2.24, 2.45) is 0 Å². The van der Waals surface area contributed by atoms with Crippen molar-refractivity contribution in [1.29, 1.82) is 0 Å². The highest BCUT2D eigenvalue weighted by atomic mass is 16.5. The van der Waals surface area contributed by atoms with Gasteiger partial charge in [-0.15, -0.1) is 0 Å². The van der Waals surface area contributed by atoms with Gasteiger partial charge in [-0.2, -0.15) is 0 Å². The Labute approximate surface area is 144 Å². The van der Waals surface area contributed by atoms with E-state index in [9.17, 15) is 14.7 Å². The molecule has 0 fully saturated rings. The molecule has 128 valence electrons. The summed E-state index contributed by atoms with van der Waals surface area (Å²) >= 11 is 0. The SMILES string of the molecule is COc1ccc(CNC(=O)Cc2c(C(=O)[O-])[nH]c3ccccc23)cc1. The number of carbonyl (C=O) groups excluding carboxylic acids is 2. The summed E-state index contributed by atoms with van der Waals surface area (Å²) in [6.45, 7) is 0.353. The van der Waals surface area contributed by atoms with Crippen LogP contribution >= 0.6 is 0 Å². The number of aromatic nitrogens is 1. The van der Waals surface area contributed by atoms with Gasteiger partial charge in [0.25, 0.3) is 0 Å². The Morgan fingerprint density at radius 1 is 1.12 bits per heavy atom. The monoisotopic (exact) mass is 337 g/mol. The number of benzene rings is 2. The number of aromatic amines is 1. The number of ether oxygens (including phenoxy) is 1. The molecule has 0 aliphatic heterocycles. The second-order valence-corrected chi connectivity index (χ2v) is 5.61. The average Bonchev–Trinajstić information content (AvgIpc) is 2.99. The Balaban J connectivity index is 1.73. The Bertz CT molecular complexity index is 913. The molecular weight excluding hydrogens is 320 g/mol. The number of nitrogens with one attached hydrogen (secondary N) is 2. The first-order valence-electron chi connectivity index (χ1n) is 7.79. The van der Waals surface area contributed by atoms with Crippen LogP contribution in [0.5, 0.6) is 5.75 Å². The highest BCUT2D eigenvalue weighted by Crippen LogP contribution is 2.22. The number of H-pyrrole nitrogens is 1. The third-order valence-electron chi connectivity index (χ3n) is 4.00. The summed E-state index contributed by atoms with van der Waals surface area (Å²) in [5.74, 6) is -0.843. The number of hydrogen-bond donors (Lipinski definition) is 2. The minimum absolute atomic E-state index is 0.0382. The molecule has 3 rings (SSSR count). The van der Waals surface area contributed by atoms with Crippen LogP contribution < -0.4 is 15.2 Å². The summed E-state index contributed by atoms with van der Waals surface area (Å²) < 4.78 is 5.09. The summed E-state index contributed by atoms with van der Waals surface area (Å²) in [4.78, 5) is 26.4. The van der Waals surface area contributed by atoms with Gasteiger partial charge in [0.2, 0.25) is 5.91 Å². The number of amides is 1. The molecule has 0 bridgehead atoms. The molecule has 0 aliphatic carbocycles. The van der Waals surface area contributed by atoms with E-state index in [1.807, 2.05) is 24.3 Å². The number of carboxylic acids is 1. The fourth-order valence-corrected chi connectivity index (χ4v) is 2.72. The Kier molecular flexibility index (Phi) is 4.70. The first-order valence-corrected chi connectivity index (χ1v) is 7.79. The van der Waals surface area contributed by atoms with Gasteiger partial charge in [0, 0.05) is 17.4 Å². The van der Waals surface area contributed by atoms with Gasteiger partial charge in [-0.25, -0.2) is 0 Å². The highest BCUT2D eigenvalue weighted by molar-refractivity contribution is 5.99. The highest BCUT2D eigenvalue weighted by Gasteiger charge is 2.15. The van der Waals surface area contributed by atoms with Crippen molar-refractivity contribution in [3.05, 3.63) is 65.4 Å². The first-order chi connectivity index (χ1) is 12.1. The molecular formula is C19H17N2O4-. The summed E-state index contributed by atoms with van der Waals surface area (Å²) in [7, 11) is 1.59. The number of carboxylic acid groups (broad SMARTS) is 1. The molecule has 25 heavy (non-hydrogen) atoms. The molecule has 0 aliphatic rings. The molecule has 0 unspecified atom stereocenters. The van der Waals surface area contributed by atoms with Gasteiger partial charge in [-0.1, -0.05) is 30.3 Å². The summed E-state index contributed by atoms with van der Waals surface area (Å²) in [5.41, 5.74) is 1.97. The van der Waals surface area contributed by atoms with E-state index in [1.54, 1.807) is 31.4 Å². The maximum absolute atomic E-state index is 12.3. The number of methoxy groups -OCH3 is 1. The maximum Gasteiger partial charge on any atom is 0.224 e. The van der Waals surface area contributed by atoms with Crippen molar-refractivity contribution in [1.82, 2.24) is 10.3 Å². The van der Waals surface area contributed by atoms with Crippen LogP contribution in [-0.2, 0) is 17.8 Å². The predicted molar refractivity (Wildman–Crippen MR) is 91.2 cm³/mol. The normalized spacial score (nSPS) is 10.6. The topological polar surface area (TPSA) is 94.2 Å². The fraction of sp³-hybridized carbons (Fsp3) is 0.158. The van der Waals surface area contributed by atoms with E-state index >= 15 is 0 Å². The number of hydrogen-bond acceptors (Lipinski definition) is 4. The van der Waals surface area contributed by atoms with E-state index in [0.29, 0.717) is 23.0 Å². The van der Waals surface area contributed by atoms with E-state index in [2.05, 4.69) is 10.3 Å². The van der Waals surface area contributed by atoms with Crippen LogP contribution in [0.1, 0.15) is 21.6 Å². The average molecular weight is 337 g/mol. The largest absolute Gasteiger partial charge is 0.543 e. The Hall–Kier alpha value is -3.28. The standard InChI is InChI=1S/C19H18N2O4/c1-25-13-8-6-12(7-9-13)11-20-17(22)10-15-14-4-2-3-5-16(14)21-18(15)19(23)24/h2-9,21H,10-11H2,1H3,(H,20,22)(H,23,24)/p-1. The van der Waals surface area contributed by atoms with Crippen molar-refractivity contribution in [3.8, 4) is 5.75 Å². The molecule has 0 spiro atoms. The Morgan fingerprint density at radius 2 is 1.84 bits per heavy atom. The van der Waals surface area contributed by atoms with E-state index in [0.717, 1.165) is 11.3 Å². The van der Waals surface area contributed by atoms with Crippen LogP contribution in [0.2, 0.25) is 0 Å². The zero-order valence-electron chi connectivity index (χ0n) is 13.7. The zero-order valence-corrected chi connectivity index (χ0v) is 13.7. The molecule has 1 heterocycles. The third kappa shape index (κ3) is 3.63. The quantitative estimate of drug-likeness (QED) is 0.711. The fourth-order valence-electron chi connectivity index (χ4n) is 2.72. The summed E-state index contributed by atoms with van der Waals surface area (Å²) in [6.07, 6.45) is -0.0382. The van der Waals surface area contributed by atoms with Gasteiger partial charge < -0.3 is 24.9 Å².